The molecule has 0 radical (unpaired) electrons. The molecule has 0 aliphatic heterocycles. The SMILES string of the molecule is CCC(C)COC(=O)/C=C/c1ccc(CCCCCCCS(=O)(=O)C(C)(C)C)cc1. The fraction of sp³-hybridized carbons (Fsp3) is 0.640. The predicted octanol–water partition coefficient (Wildman–Crippen LogP) is 6.00. The van der Waals surface area contributed by atoms with Crippen LogP contribution >= 0.6 is 0 Å². The lowest BCUT2D eigenvalue weighted by Gasteiger charge is -2.18. The van der Waals surface area contributed by atoms with Gasteiger partial charge in [-0.2, -0.15) is 0 Å². The fourth-order valence-corrected chi connectivity index (χ4v) is 4.00. The van der Waals surface area contributed by atoms with Crippen LogP contribution in [0.1, 0.15) is 84.3 Å². The highest BCUT2D eigenvalue weighted by Gasteiger charge is 2.27. The van der Waals surface area contributed by atoms with Gasteiger partial charge in [-0.1, -0.05) is 63.8 Å². The second-order valence-corrected chi connectivity index (χ2v) is 12.0. The lowest BCUT2D eigenvalue weighted by atomic mass is 10.0. The van der Waals surface area contributed by atoms with Crippen LogP contribution in [0.3, 0.4) is 0 Å². The molecule has 0 aromatic heterocycles. The van der Waals surface area contributed by atoms with Gasteiger partial charge < -0.3 is 4.74 Å². The Labute approximate surface area is 184 Å². The van der Waals surface area contributed by atoms with Gasteiger partial charge in [0.05, 0.1) is 17.1 Å². The van der Waals surface area contributed by atoms with E-state index in [1.165, 1.54) is 11.6 Å². The van der Waals surface area contributed by atoms with Crippen LogP contribution < -0.4 is 0 Å². The van der Waals surface area contributed by atoms with E-state index in [9.17, 15) is 13.2 Å². The second-order valence-electron chi connectivity index (χ2n) is 9.17. The molecular formula is C25H40O4S. The summed E-state index contributed by atoms with van der Waals surface area (Å²) in [5.74, 6) is 0.379. The van der Waals surface area contributed by atoms with Crippen molar-refractivity contribution in [3.05, 3.63) is 41.5 Å². The van der Waals surface area contributed by atoms with E-state index in [4.69, 9.17) is 4.74 Å². The maximum absolute atomic E-state index is 12.1. The van der Waals surface area contributed by atoms with Gasteiger partial charge in [-0.05, 0) is 63.2 Å². The van der Waals surface area contributed by atoms with E-state index in [0.29, 0.717) is 12.5 Å². The normalized spacial score (nSPS) is 13.5. The molecule has 0 N–H and O–H groups in total. The first-order chi connectivity index (χ1) is 14.0. The largest absolute Gasteiger partial charge is 0.462 e. The summed E-state index contributed by atoms with van der Waals surface area (Å²) in [6, 6.07) is 8.23. The summed E-state index contributed by atoms with van der Waals surface area (Å²) in [7, 11) is -2.99. The summed E-state index contributed by atoms with van der Waals surface area (Å²) in [5.41, 5.74) is 2.26. The fourth-order valence-electron chi connectivity index (χ4n) is 2.81. The molecule has 0 amide bonds. The quantitative estimate of drug-likeness (QED) is 0.216. The van der Waals surface area contributed by atoms with E-state index >= 15 is 0 Å². The number of carbonyl (C=O) groups is 1. The molecule has 0 saturated carbocycles. The molecule has 0 saturated heterocycles. The van der Waals surface area contributed by atoms with Gasteiger partial charge in [-0.25, -0.2) is 13.2 Å². The molecule has 0 spiro atoms. The molecule has 0 aliphatic rings. The molecule has 5 heteroatoms. The Morgan fingerprint density at radius 1 is 1.03 bits per heavy atom. The highest BCUT2D eigenvalue weighted by Crippen LogP contribution is 2.18. The number of rotatable bonds is 13. The third-order valence-electron chi connectivity index (χ3n) is 5.41. The lowest BCUT2D eigenvalue weighted by molar-refractivity contribution is -0.138. The van der Waals surface area contributed by atoms with Gasteiger partial charge in [0.1, 0.15) is 0 Å². The van der Waals surface area contributed by atoms with E-state index in [1.807, 2.05) is 12.1 Å². The first-order valence-electron chi connectivity index (χ1n) is 11.2. The first-order valence-corrected chi connectivity index (χ1v) is 12.9. The van der Waals surface area contributed by atoms with Crippen molar-refractivity contribution < 1.29 is 17.9 Å². The lowest BCUT2D eigenvalue weighted by Crippen LogP contribution is -2.30. The summed E-state index contributed by atoms with van der Waals surface area (Å²) in [6.45, 7) is 9.91. The number of hydrogen-bond acceptors (Lipinski definition) is 4. The highest BCUT2D eigenvalue weighted by atomic mass is 32.2. The van der Waals surface area contributed by atoms with Crippen LogP contribution in [0.15, 0.2) is 30.3 Å². The molecule has 1 aromatic rings. The number of benzene rings is 1. The zero-order valence-electron chi connectivity index (χ0n) is 19.4. The molecule has 1 aromatic carbocycles. The molecule has 4 nitrogen and oxygen atoms in total. The molecule has 0 heterocycles. The molecule has 0 bridgehead atoms. The Kier molecular flexibility index (Phi) is 11.4. The maximum atomic E-state index is 12.1. The monoisotopic (exact) mass is 436 g/mol. The molecule has 30 heavy (non-hydrogen) atoms. The molecular weight excluding hydrogens is 396 g/mol. The molecule has 170 valence electrons. The van der Waals surface area contributed by atoms with Gasteiger partial charge in [-0.15, -0.1) is 0 Å². The summed E-state index contributed by atoms with van der Waals surface area (Å²) >= 11 is 0. The predicted molar refractivity (Wildman–Crippen MR) is 126 cm³/mol. The van der Waals surface area contributed by atoms with Crippen molar-refractivity contribution in [3.63, 3.8) is 0 Å². The van der Waals surface area contributed by atoms with Gasteiger partial charge >= 0.3 is 5.97 Å². The van der Waals surface area contributed by atoms with Gasteiger partial charge in [0.25, 0.3) is 0 Å². The molecule has 1 atom stereocenters. The Bertz CT molecular complexity index is 755. The summed E-state index contributed by atoms with van der Waals surface area (Å²) in [6.07, 6.45) is 10.3. The van der Waals surface area contributed by atoms with Crippen molar-refractivity contribution in [1.29, 1.82) is 0 Å². The van der Waals surface area contributed by atoms with Crippen LogP contribution in [0, 0.1) is 5.92 Å². The van der Waals surface area contributed by atoms with Crippen molar-refractivity contribution in [2.24, 2.45) is 5.92 Å². The Hall–Kier alpha value is -1.62. The van der Waals surface area contributed by atoms with Crippen LogP contribution in [0.5, 0.6) is 0 Å². The number of aryl methyl sites for hydroxylation is 1. The Morgan fingerprint density at radius 2 is 1.63 bits per heavy atom. The zero-order valence-corrected chi connectivity index (χ0v) is 20.3. The number of unbranched alkanes of at least 4 members (excludes halogenated alkanes) is 4. The Balaban J connectivity index is 2.24. The molecule has 1 rings (SSSR count). The summed E-state index contributed by atoms with van der Waals surface area (Å²) < 4.78 is 28.7. The van der Waals surface area contributed by atoms with Gasteiger partial charge in [0, 0.05) is 6.08 Å². The smallest absolute Gasteiger partial charge is 0.330 e. The zero-order chi connectivity index (χ0) is 22.6. The minimum atomic E-state index is -2.99. The van der Waals surface area contributed by atoms with Crippen molar-refractivity contribution in [1.82, 2.24) is 0 Å². The third kappa shape index (κ3) is 10.4. The van der Waals surface area contributed by atoms with E-state index in [2.05, 4.69) is 26.0 Å². The van der Waals surface area contributed by atoms with E-state index in [-0.39, 0.29) is 11.7 Å². The van der Waals surface area contributed by atoms with Gasteiger partial charge in [0.2, 0.25) is 0 Å². The van der Waals surface area contributed by atoms with Crippen LogP contribution in [0.25, 0.3) is 6.08 Å². The number of carbonyl (C=O) groups excluding carboxylic acids is 1. The number of hydrogen-bond donors (Lipinski definition) is 0. The first kappa shape index (κ1) is 26.4. The molecule has 0 aliphatic carbocycles. The minimum absolute atomic E-state index is 0.288. The Morgan fingerprint density at radius 3 is 2.23 bits per heavy atom. The third-order valence-corrected chi connectivity index (χ3v) is 8.10. The van der Waals surface area contributed by atoms with E-state index in [1.54, 1.807) is 26.8 Å². The average molecular weight is 437 g/mol. The standard InChI is InChI=1S/C25H40O4S/c1-6-21(2)20-29-24(26)18-17-23-15-13-22(14-16-23)12-10-8-7-9-11-19-30(27,28)25(3,4)5/h13-18,21H,6-12,19-20H2,1-5H3/b18-17+. The van der Waals surface area contributed by atoms with Crippen molar-refractivity contribution in [2.75, 3.05) is 12.4 Å². The van der Waals surface area contributed by atoms with Crippen molar-refractivity contribution in [3.8, 4) is 0 Å². The molecule has 1 unspecified atom stereocenters. The van der Waals surface area contributed by atoms with Crippen LogP contribution in [-0.2, 0) is 25.8 Å². The van der Waals surface area contributed by atoms with Gasteiger partial charge in [-0.3, -0.25) is 0 Å². The van der Waals surface area contributed by atoms with Crippen LogP contribution in [0.2, 0.25) is 0 Å². The topological polar surface area (TPSA) is 60.4 Å². The van der Waals surface area contributed by atoms with Gasteiger partial charge in [0.15, 0.2) is 9.84 Å². The number of sulfone groups is 1. The minimum Gasteiger partial charge on any atom is -0.462 e. The second kappa shape index (κ2) is 12.9. The maximum Gasteiger partial charge on any atom is 0.330 e. The average Bonchev–Trinajstić information content (AvgIpc) is 2.69. The number of ether oxygens (including phenoxy) is 1. The summed E-state index contributed by atoms with van der Waals surface area (Å²) in [4.78, 5) is 11.7. The van der Waals surface area contributed by atoms with E-state index < -0.39 is 14.6 Å². The molecule has 0 fully saturated rings. The van der Waals surface area contributed by atoms with Crippen molar-refractivity contribution in [2.45, 2.75) is 84.3 Å². The van der Waals surface area contributed by atoms with Crippen LogP contribution in [0.4, 0.5) is 0 Å². The highest BCUT2D eigenvalue weighted by molar-refractivity contribution is 7.92. The summed E-state index contributed by atoms with van der Waals surface area (Å²) in [5, 5.41) is 0. The number of esters is 1. The van der Waals surface area contributed by atoms with E-state index in [0.717, 1.165) is 50.5 Å². The van der Waals surface area contributed by atoms with Crippen LogP contribution in [-0.4, -0.2) is 31.5 Å². The van der Waals surface area contributed by atoms with Crippen molar-refractivity contribution >= 4 is 21.9 Å².